The van der Waals surface area contributed by atoms with Crippen LogP contribution in [-0.4, -0.2) is 34.5 Å². The number of aliphatic hydroxyl groups is 2. The molecule has 0 spiro atoms. The van der Waals surface area contributed by atoms with Gasteiger partial charge in [0.15, 0.2) is 0 Å². The van der Waals surface area contributed by atoms with E-state index in [-0.39, 0.29) is 6.61 Å². The molecule has 0 radical (unpaired) electrons. The van der Waals surface area contributed by atoms with Gasteiger partial charge in [-0.2, -0.15) is 0 Å². The van der Waals surface area contributed by atoms with Gasteiger partial charge in [0.1, 0.15) is 11.3 Å². The fourth-order valence-electron chi connectivity index (χ4n) is 2.58. The highest BCUT2D eigenvalue weighted by molar-refractivity contribution is 6.20. The molecule has 5 heteroatoms. The molecule has 1 aromatic carbocycles. The van der Waals surface area contributed by atoms with Crippen LogP contribution >= 0.6 is 11.6 Å². The van der Waals surface area contributed by atoms with Crippen LogP contribution in [-0.2, 0) is 6.42 Å². The number of rotatable bonds is 13. The van der Waals surface area contributed by atoms with E-state index < -0.39 is 11.1 Å². The summed E-state index contributed by atoms with van der Waals surface area (Å²) >= 11 is 5.65. The van der Waals surface area contributed by atoms with Crippen molar-refractivity contribution in [2.75, 3.05) is 13.2 Å². The Bertz CT molecular complexity index is 456. The van der Waals surface area contributed by atoms with Crippen molar-refractivity contribution in [3.8, 4) is 5.75 Å². The van der Waals surface area contributed by atoms with Crippen LogP contribution in [0.1, 0.15) is 57.4 Å². The number of nitrogens with two attached hydrogens (primary N) is 1. The molecule has 24 heavy (non-hydrogen) atoms. The highest BCUT2D eigenvalue weighted by atomic mass is 35.5. The van der Waals surface area contributed by atoms with Gasteiger partial charge in [0, 0.05) is 0 Å². The average molecular weight is 358 g/mol. The minimum absolute atomic E-state index is 0.334. The number of ether oxygens (including phenoxy) is 1. The second-order valence-corrected chi connectivity index (χ2v) is 6.90. The lowest BCUT2D eigenvalue weighted by Gasteiger charge is -2.28. The third-order valence-electron chi connectivity index (χ3n) is 4.29. The second kappa shape index (κ2) is 11.7. The van der Waals surface area contributed by atoms with Crippen LogP contribution in [0, 0.1) is 0 Å². The van der Waals surface area contributed by atoms with Crippen molar-refractivity contribution in [1.29, 1.82) is 0 Å². The van der Waals surface area contributed by atoms with Gasteiger partial charge in [-0.3, -0.25) is 0 Å². The van der Waals surface area contributed by atoms with E-state index in [1.165, 1.54) is 25.7 Å². The van der Waals surface area contributed by atoms with E-state index in [4.69, 9.17) is 22.1 Å². The standard InChI is InChI=1S/C19H32ClNO3/c1-2-3-4-5-6-13-24-17-11-7-9-16(14-17)10-8-12-19(21,15-22)18(20)23/h7,9,11,14,18,22-23H,2-6,8,10,12-13,15,21H2,1H3. The van der Waals surface area contributed by atoms with E-state index in [0.717, 1.165) is 37.2 Å². The molecule has 0 aromatic heterocycles. The third-order valence-corrected chi connectivity index (χ3v) is 4.73. The van der Waals surface area contributed by atoms with Gasteiger partial charge in [-0.05, 0) is 43.4 Å². The maximum atomic E-state index is 9.45. The fraction of sp³-hybridized carbons (Fsp3) is 0.684. The first-order valence-corrected chi connectivity index (χ1v) is 9.39. The first-order chi connectivity index (χ1) is 11.5. The molecule has 138 valence electrons. The van der Waals surface area contributed by atoms with Gasteiger partial charge >= 0.3 is 0 Å². The van der Waals surface area contributed by atoms with Gasteiger partial charge in [-0.15, -0.1) is 0 Å². The molecule has 0 aliphatic rings. The van der Waals surface area contributed by atoms with Gasteiger partial charge in [0.05, 0.1) is 18.8 Å². The van der Waals surface area contributed by atoms with E-state index >= 15 is 0 Å². The highest BCUT2D eigenvalue weighted by Gasteiger charge is 2.31. The zero-order valence-electron chi connectivity index (χ0n) is 14.7. The molecule has 0 bridgehead atoms. The number of aryl methyl sites for hydroxylation is 1. The van der Waals surface area contributed by atoms with Crippen LogP contribution in [0.25, 0.3) is 0 Å². The van der Waals surface area contributed by atoms with Crippen LogP contribution < -0.4 is 10.5 Å². The van der Waals surface area contributed by atoms with E-state index in [2.05, 4.69) is 6.92 Å². The lowest BCUT2D eigenvalue weighted by Crippen LogP contribution is -2.51. The van der Waals surface area contributed by atoms with Crippen LogP contribution in [0.4, 0.5) is 0 Å². The molecule has 4 nitrogen and oxygen atoms in total. The van der Waals surface area contributed by atoms with Crippen LogP contribution in [0.3, 0.4) is 0 Å². The molecule has 2 unspecified atom stereocenters. The van der Waals surface area contributed by atoms with Crippen molar-refractivity contribution in [1.82, 2.24) is 0 Å². The Balaban J connectivity index is 2.34. The van der Waals surface area contributed by atoms with Crippen molar-refractivity contribution < 1.29 is 14.9 Å². The quantitative estimate of drug-likeness (QED) is 0.372. The predicted molar refractivity (Wildman–Crippen MR) is 99.5 cm³/mol. The van der Waals surface area contributed by atoms with Gasteiger partial charge in [0.2, 0.25) is 0 Å². The summed E-state index contributed by atoms with van der Waals surface area (Å²) in [6.45, 7) is 2.63. The lowest BCUT2D eigenvalue weighted by molar-refractivity contribution is 0.0870. The predicted octanol–water partition coefficient (Wildman–Crippen LogP) is 3.61. The minimum atomic E-state index is -1.25. The number of hydrogen-bond acceptors (Lipinski definition) is 4. The molecule has 0 aliphatic carbocycles. The topological polar surface area (TPSA) is 75.7 Å². The van der Waals surface area contributed by atoms with Crippen LogP contribution in [0.5, 0.6) is 5.75 Å². The molecule has 0 aliphatic heterocycles. The number of benzene rings is 1. The molecule has 1 rings (SSSR count). The largest absolute Gasteiger partial charge is 0.494 e. The summed E-state index contributed by atoms with van der Waals surface area (Å²) in [5.74, 6) is 0.890. The van der Waals surface area contributed by atoms with Gasteiger partial charge in [-0.25, -0.2) is 0 Å². The summed E-state index contributed by atoms with van der Waals surface area (Å²) in [4.78, 5) is 0. The number of halogens is 1. The SMILES string of the molecule is CCCCCCCOc1cccc(CCCC(N)(CO)C(O)Cl)c1. The molecule has 4 N–H and O–H groups in total. The monoisotopic (exact) mass is 357 g/mol. The molecular weight excluding hydrogens is 326 g/mol. The number of aliphatic hydroxyl groups excluding tert-OH is 2. The smallest absolute Gasteiger partial charge is 0.148 e. The zero-order chi connectivity index (χ0) is 17.8. The van der Waals surface area contributed by atoms with E-state index in [1.54, 1.807) is 0 Å². The summed E-state index contributed by atoms with van der Waals surface area (Å²) in [6.07, 6.45) is 8.12. The van der Waals surface area contributed by atoms with E-state index in [1.807, 2.05) is 24.3 Å². The first kappa shape index (κ1) is 21.2. The Morgan fingerprint density at radius 2 is 1.96 bits per heavy atom. The Morgan fingerprint density at radius 3 is 2.62 bits per heavy atom. The van der Waals surface area contributed by atoms with Gasteiger partial charge in [0.25, 0.3) is 0 Å². The minimum Gasteiger partial charge on any atom is -0.494 e. The molecule has 0 saturated heterocycles. The Hall–Kier alpha value is -0.810. The Morgan fingerprint density at radius 1 is 1.21 bits per heavy atom. The average Bonchev–Trinajstić information content (AvgIpc) is 2.58. The molecule has 0 saturated carbocycles. The van der Waals surface area contributed by atoms with E-state index in [9.17, 15) is 10.2 Å². The summed E-state index contributed by atoms with van der Waals surface area (Å²) in [5, 5.41) is 18.7. The van der Waals surface area contributed by atoms with Crippen molar-refractivity contribution in [3.63, 3.8) is 0 Å². The van der Waals surface area contributed by atoms with Gasteiger partial charge in [-0.1, -0.05) is 56.3 Å². The molecule has 0 fully saturated rings. The summed E-state index contributed by atoms with van der Waals surface area (Å²) < 4.78 is 5.81. The van der Waals surface area contributed by atoms with Crippen LogP contribution in [0.15, 0.2) is 24.3 Å². The van der Waals surface area contributed by atoms with Gasteiger partial charge < -0.3 is 20.7 Å². The number of unbranched alkanes of at least 4 members (excludes halogenated alkanes) is 4. The van der Waals surface area contributed by atoms with Crippen LogP contribution in [0.2, 0.25) is 0 Å². The highest BCUT2D eigenvalue weighted by Crippen LogP contribution is 2.21. The first-order valence-electron chi connectivity index (χ1n) is 8.95. The Labute approximate surface area is 151 Å². The van der Waals surface area contributed by atoms with E-state index in [0.29, 0.717) is 6.42 Å². The van der Waals surface area contributed by atoms with Crippen molar-refractivity contribution in [3.05, 3.63) is 29.8 Å². The normalized spacial score (nSPS) is 15.0. The molecule has 0 amide bonds. The maximum absolute atomic E-state index is 9.45. The summed E-state index contributed by atoms with van der Waals surface area (Å²) in [6, 6.07) is 8.04. The Kier molecular flexibility index (Phi) is 10.3. The molecule has 0 heterocycles. The fourth-order valence-corrected chi connectivity index (χ4v) is 2.76. The zero-order valence-corrected chi connectivity index (χ0v) is 15.5. The number of hydrogen-bond donors (Lipinski definition) is 3. The van der Waals surface area contributed by atoms with Crippen molar-refractivity contribution >= 4 is 11.6 Å². The molecule has 2 atom stereocenters. The number of alkyl halides is 1. The third kappa shape index (κ3) is 7.84. The van der Waals surface area contributed by atoms with Crippen molar-refractivity contribution in [2.45, 2.75) is 69.4 Å². The molecular formula is C19H32ClNO3. The molecule has 1 aromatic rings. The second-order valence-electron chi connectivity index (χ2n) is 6.49. The van der Waals surface area contributed by atoms with Crippen molar-refractivity contribution in [2.24, 2.45) is 5.73 Å². The summed E-state index contributed by atoms with van der Waals surface area (Å²) in [5.41, 5.74) is 4.66. The summed E-state index contributed by atoms with van der Waals surface area (Å²) in [7, 11) is 0. The lowest BCUT2D eigenvalue weighted by atomic mass is 9.94. The maximum Gasteiger partial charge on any atom is 0.148 e.